The van der Waals surface area contributed by atoms with E-state index in [0.29, 0.717) is 6.04 Å². The number of benzene rings is 1. The minimum atomic E-state index is -0.00982. The molecule has 0 amide bonds. The SMILES string of the molecule is CCNC(Cc1ccccc1)C1(C)CCCCO1. The first-order chi connectivity index (χ1) is 8.74. The molecule has 100 valence electrons. The fourth-order valence-electron chi connectivity index (χ4n) is 2.83. The lowest BCUT2D eigenvalue weighted by Crippen LogP contribution is -2.53. The quantitative estimate of drug-likeness (QED) is 0.863. The van der Waals surface area contributed by atoms with Gasteiger partial charge in [-0.05, 0) is 44.7 Å². The average Bonchev–Trinajstić information content (AvgIpc) is 2.40. The van der Waals surface area contributed by atoms with Crippen molar-refractivity contribution in [3.63, 3.8) is 0 Å². The number of nitrogens with one attached hydrogen (secondary N) is 1. The molecule has 0 aliphatic carbocycles. The first-order valence-electron chi connectivity index (χ1n) is 7.16. The van der Waals surface area contributed by atoms with Crippen molar-refractivity contribution in [2.24, 2.45) is 0 Å². The molecule has 0 bridgehead atoms. The van der Waals surface area contributed by atoms with Crippen LogP contribution in [-0.2, 0) is 11.2 Å². The number of rotatable bonds is 5. The molecule has 0 spiro atoms. The Morgan fingerprint density at radius 3 is 2.67 bits per heavy atom. The van der Waals surface area contributed by atoms with Crippen molar-refractivity contribution >= 4 is 0 Å². The Morgan fingerprint density at radius 2 is 2.06 bits per heavy atom. The van der Waals surface area contributed by atoms with Crippen LogP contribution in [0.3, 0.4) is 0 Å². The maximum atomic E-state index is 6.09. The molecule has 1 aliphatic heterocycles. The summed E-state index contributed by atoms with van der Waals surface area (Å²) in [5, 5.41) is 3.62. The van der Waals surface area contributed by atoms with Crippen LogP contribution in [0.1, 0.15) is 38.7 Å². The van der Waals surface area contributed by atoms with Gasteiger partial charge in [0.25, 0.3) is 0 Å². The van der Waals surface area contributed by atoms with E-state index in [1.165, 1.54) is 18.4 Å². The van der Waals surface area contributed by atoms with Crippen molar-refractivity contribution in [1.82, 2.24) is 5.32 Å². The van der Waals surface area contributed by atoms with Crippen molar-refractivity contribution in [3.05, 3.63) is 35.9 Å². The van der Waals surface area contributed by atoms with Crippen molar-refractivity contribution in [2.45, 2.75) is 51.2 Å². The third kappa shape index (κ3) is 3.33. The van der Waals surface area contributed by atoms with Crippen LogP contribution >= 0.6 is 0 Å². The van der Waals surface area contributed by atoms with Crippen LogP contribution in [-0.4, -0.2) is 24.8 Å². The Morgan fingerprint density at radius 1 is 1.28 bits per heavy atom. The van der Waals surface area contributed by atoms with Crippen LogP contribution < -0.4 is 5.32 Å². The number of hydrogen-bond acceptors (Lipinski definition) is 2. The normalized spacial score (nSPS) is 25.9. The zero-order valence-electron chi connectivity index (χ0n) is 11.6. The highest BCUT2D eigenvalue weighted by atomic mass is 16.5. The smallest absolute Gasteiger partial charge is 0.0810 e. The molecule has 1 fully saturated rings. The molecule has 2 heteroatoms. The Kier molecular flexibility index (Phi) is 4.79. The van der Waals surface area contributed by atoms with Gasteiger partial charge in [0.05, 0.1) is 5.60 Å². The van der Waals surface area contributed by atoms with E-state index in [1.54, 1.807) is 0 Å². The third-order valence-corrected chi connectivity index (χ3v) is 3.97. The van der Waals surface area contributed by atoms with Crippen molar-refractivity contribution in [3.8, 4) is 0 Å². The predicted molar refractivity (Wildman–Crippen MR) is 75.8 cm³/mol. The van der Waals surface area contributed by atoms with Gasteiger partial charge in [0.15, 0.2) is 0 Å². The first kappa shape index (κ1) is 13.6. The van der Waals surface area contributed by atoms with Gasteiger partial charge in [0, 0.05) is 12.6 Å². The second-order valence-corrected chi connectivity index (χ2v) is 5.42. The highest BCUT2D eigenvalue weighted by molar-refractivity contribution is 5.17. The van der Waals surface area contributed by atoms with Gasteiger partial charge in [-0.15, -0.1) is 0 Å². The van der Waals surface area contributed by atoms with Gasteiger partial charge in [-0.1, -0.05) is 37.3 Å². The van der Waals surface area contributed by atoms with Gasteiger partial charge in [-0.2, -0.15) is 0 Å². The summed E-state index contributed by atoms with van der Waals surface area (Å²) in [7, 11) is 0. The molecule has 1 aromatic carbocycles. The fourth-order valence-corrected chi connectivity index (χ4v) is 2.83. The van der Waals surface area contributed by atoms with E-state index in [1.807, 2.05) is 0 Å². The lowest BCUT2D eigenvalue weighted by molar-refractivity contribution is -0.0881. The van der Waals surface area contributed by atoms with Crippen LogP contribution in [0.25, 0.3) is 0 Å². The van der Waals surface area contributed by atoms with E-state index in [9.17, 15) is 0 Å². The Hall–Kier alpha value is -0.860. The topological polar surface area (TPSA) is 21.3 Å². The second-order valence-electron chi connectivity index (χ2n) is 5.42. The lowest BCUT2D eigenvalue weighted by Gasteiger charge is -2.41. The summed E-state index contributed by atoms with van der Waals surface area (Å²) in [6.45, 7) is 6.34. The summed E-state index contributed by atoms with van der Waals surface area (Å²) in [5.41, 5.74) is 1.38. The standard InChI is InChI=1S/C16H25NO/c1-3-17-15(13-14-9-5-4-6-10-14)16(2)11-7-8-12-18-16/h4-6,9-10,15,17H,3,7-8,11-13H2,1-2H3. The van der Waals surface area contributed by atoms with E-state index in [2.05, 4.69) is 49.5 Å². The lowest BCUT2D eigenvalue weighted by atomic mass is 9.84. The van der Waals surface area contributed by atoms with Gasteiger partial charge in [0.1, 0.15) is 0 Å². The molecule has 2 atom stereocenters. The third-order valence-electron chi connectivity index (χ3n) is 3.97. The average molecular weight is 247 g/mol. The van der Waals surface area contributed by atoms with E-state index in [0.717, 1.165) is 26.0 Å². The molecule has 2 nitrogen and oxygen atoms in total. The molecule has 1 N–H and O–H groups in total. The molecule has 0 radical (unpaired) electrons. The molecular formula is C16H25NO. The molecule has 1 aliphatic rings. The van der Waals surface area contributed by atoms with Gasteiger partial charge >= 0.3 is 0 Å². The molecule has 1 heterocycles. The van der Waals surface area contributed by atoms with Crippen molar-refractivity contribution in [1.29, 1.82) is 0 Å². The van der Waals surface area contributed by atoms with E-state index in [4.69, 9.17) is 4.74 Å². The number of likely N-dealkylation sites (N-methyl/N-ethyl adjacent to an activating group) is 1. The largest absolute Gasteiger partial charge is 0.374 e. The molecule has 1 saturated heterocycles. The Labute approximate surface area is 111 Å². The predicted octanol–water partition coefficient (Wildman–Crippen LogP) is 3.17. The first-order valence-corrected chi connectivity index (χ1v) is 7.16. The van der Waals surface area contributed by atoms with Gasteiger partial charge in [-0.25, -0.2) is 0 Å². The minimum Gasteiger partial charge on any atom is -0.374 e. The van der Waals surface area contributed by atoms with E-state index < -0.39 is 0 Å². The van der Waals surface area contributed by atoms with Gasteiger partial charge < -0.3 is 10.1 Å². The maximum Gasteiger partial charge on any atom is 0.0810 e. The molecule has 1 aromatic rings. The van der Waals surface area contributed by atoms with Crippen molar-refractivity contribution in [2.75, 3.05) is 13.2 Å². The summed E-state index contributed by atoms with van der Waals surface area (Å²) in [4.78, 5) is 0. The second kappa shape index (κ2) is 6.35. The van der Waals surface area contributed by atoms with Crippen LogP contribution in [0.5, 0.6) is 0 Å². The monoisotopic (exact) mass is 247 g/mol. The van der Waals surface area contributed by atoms with Gasteiger partial charge in [0.2, 0.25) is 0 Å². The summed E-state index contributed by atoms with van der Waals surface area (Å²) in [5.74, 6) is 0. The zero-order chi connectivity index (χ0) is 12.8. The molecule has 18 heavy (non-hydrogen) atoms. The van der Waals surface area contributed by atoms with E-state index >= 15 is 0 Å². The van der Waals surface area contributed by atoms with E-state index in [-0.39, 0.29) is 5.60 Å². The Balaban J connectivity index is 2.07. The number of hydrogen-bond donors (Lipinski definition) is 1. The summed E-state index contributed by atoms with van der Waals surface area (Å²) < 4.78 is 6.09. The molecule has 0 aromatic heterocycles. The molecule has 2 rings (SSSR count). The van der Waals surface area contributed by atoms with Crippen LogP contribution in [0.15, 0.2) is 30.3 Å². The number of ether oxygens (including phenoxy) is 1. The van der Waals surface area contributed by atoms with Crippen LogP contribution in [0.2, 0.25) is 0 Å². The minimum absolute atomic E-state index is 0.00982. The Bertz CT molecular complexity index is 343. The van der Waals surface area contributed by atoms with Crippen molar-refractivity contribution < 1.29 is 4.74 Å². The fraction of sp³-hybridized carbons (Fsp3) is 0.625. The van der Waals surface area contributed by atoms with Crippen LogP contribution in [0, 0.1) is 0 Å². The molecule has 0 saturated carbocycles. The summed E-state index contributed by atoms with van der Waals surface area (Å²) >= 11 is 0. The highest BCUT2D eigenvalue weighted by Crippen LogP contribution is 2.29. The zero-order valence-corrected chi connectivity index (χ0v) is 11.6. The molecule has 2 unspecified atom stereocenters. The van der Waals surface area contributed by atoms with Gasteiger partial charge in [-0.3, -0.25) is 0 Å². The molecular weight excluding hydrogens is 222 g/mol. The summed E-state index contributed by atoms with van der Waals surface area (Å²) in [6.07, 6.45) is 4.70. The summed E-state index contributed by atoms with van der Waals surface area (Å²) in [6, 6.07) is 11.1. The highest BCUT2D eigenvalue weighted by Gasteiger charge is 2.36. The van der Waals surface area contributed by atoms with Crippen LogP contribution in [0.4, 0.5) is 0 Å². The maximum absolute atomic E-state index is 6.09.